The van der Waals surface area contributed by atoms with E-state index in [1.807, 2.05) is 13.0 Å². The molecule has 0 bridgehead atoms. The molecule has 13 heavy (non-hydrogen) atoms. The highest BCUT2D eigenvalue weighted by atomic mass is 16.2. The second-order valence-corrected chi connectivity index (χ2v) is 3.08. The number of amides is 1. The molecule has 0 fully saturated rings. The first-order chi connectivity index (χ1) is 6.00. The maximum atomic E-state index is 11.1. The third kappa shape index (κ3) is 1.22. The van der Waals surface area contributed by atoms with E-state index in [-0.39, 0.29) is 17.8 Å². The van der Waals surface area contributed by atoms with E-state index < -0.39 is 0 Å². The molecular formula is C9H11N3O. The number of hydrogen-bond acceptors (Lipinski definition) is 3. The normalized spacial score (nSPS) is 22.2. The third-order valence-corrected chi connectivity index (χ3v) is 2.34. The van der Waals surface area contributed by atoms with Crippen molar-refractivity contribution in [2.75, 3.05) is 0 Å². The number of hydrogen-bond donors (Lipinski definition) is 1. The Kier molecular flexibility index (Phi) is 2.20. The van der Waals surface area contributed by atoms with Gasteiger partial charge in [0.05, 0.1) is 11.6 Å². The molecule has 1 heterocycles. The van der Waals surface area contributed by atoms with Crippen LogP contribution in [0.15, 0.2) is 11.1 Å². The fourth-order valence-corrected chi connectivity index (χ4v) is 1.47. The van der Waals surface area contributed by atoms with Gasteiger partial charge in [-0.05, 0) is 19.4 Å². The van der Waals surface area contributed by atoms with Crippen LogP contribution >= 0.6 is 0 Å². The lowest BCUT2D eigenvalue weighted by atomic mass is 10.1. The van der Waals surface area contributed by atoms with Crippen molar-refractivity contribution in [3.8, 4) is 6.07 Å². The largest absolute Gasteiger partial charge is 0.289 e. The zero-order chi connectivity index (χ0) is 10.2. The summed E-state index contributed by atoms with van der Waals surface area (Å²) >= 11 is 0. The molecule has 0 aromatic rings. The number of carbonyl (C=O) groups excluding carboxylic acids is 1. The summed E-state index contributed by atoms with van der Waals surface area (Å²) in [6.07, 6.45) is 0. The number of carbonyl (C=O) groups is 1. The fourth-order valence-electron chi connectivity index (χ4n) is 1.47. The van der Waals surface area contributed by atoms with Gasteiger partial charge in [0.25, 0.3) is 0 Å². The first kappa shape index (κ1) is 9.46. The molecular weight excluding hydrogens is 166 g/mol. The van der Waals surface area contributed by atoms with E-state index in [1.54, 1.807) is 6.92 Å². The summed E-state index contributed by atoms with van der Waals surface area (Å²) in [5.74, 6) is -0.165. The van der Waals surface area contributed by atoms with Crippen LogP contribution in [-0.4, -0.2) is 22.7 Å². The quantitative estimate of drug-likeness (QED) is 0.601. The van der Waals surface area contributed by atoms with E-state index in [0.29, 0.717) is 5.57 Å². The highest BCUT2D eigenvalue weighted by Gasteiger charge is 2.33. The van der Waals surface area contributed by atoms with E-state index in [9.17, 15) is 4.79 Å². The zero-order valence-electron chi connectivity index (χ0n) is 7.88. The smallest absolute Gasteiger partial charge is 0.225 e. The Morgan fingerprint density at radius 1 is 1.69 bits per heavy atom. The Balaban J connectivity index is 3.14. The maximum absolute atomic E-state index is 11.1. The summed E-state index contributed by atoms with van der Waals surface area (Å²) in [6.45, 7) is 4.99. The summed E-state index contributed by atoms with van der Waals surface area (Å²) in [7, 11) is 0. The minimum atomic E-state index is -0.192. The van der Waals surface area contributed by atoms with Gasteiger partial charge in [0.15, 0.2) is 0 Å². The van der Waals surface area contributed by atoms with Gasteiger partial charge in [0.2, 0.25) is 5.91 Å². The highest BCUT2D eigenvalue weighted by Crippen LogP contribution is 2.24. The lowest BCUT2D eigenvalue weighted by Gasteiger charge is -2.20. The lowest BCUT2D eigenvalue weighted by Crippen LogP contribution is -2.37. The van der Waals surface area contributed by atoms with Crippen molar-refractivity contribution < 1.29 is 4.79 Å². The summed E-state index contributed by atoms with van der Waals surface area (Å²) in [5.41, 5.74) is 1.12. The standard InChI is InChI=1S/C9H11N3O/c1-5-6(2)12(7(3)13)9(11)8(5)4-10/h6,11H,1-3H3. The number of amidine groups is 1. The lowest BCUT2D eigenvalue weighted by molar-refractivity contribution is -0.125. The Morgan fingerprint density at radius 3 is 2.46 bits per heavy atom. The molecule has 0 aromatic carbocycles. The molecule has 0 saturated carbocycles. The van der Waals surface area contributed by atoms with Crippen LogP contribution in [0.2, 0.25) is 0 Å². The summed E-state index contributed by atoms with van der Waals surface area (Å²) in [4.78, 5) is 12.5. The van der Waals surface area contributed by atoms with Crippen molar-refractivity contribution in [1.82, 2.24) is 4.90 Å². The average molecular weight is 177 g/mol. The minimum absolute atomic E-state index is 0.0278. The van der Waals surface area contributed by atoms with Crippen molar-refractivity contribution in [3.63, 3.8) is 0 Å². The zero-order valence-corrected chi connectivity index (χ0v) is 7.88. The maximum Gasteiger partial charge on any atom is 0.225 e. The molecule has 1 rings (SSSR count). The van der Waals surface area contributed by atoms with E-state index in [1.165, 1.54) is 11.8 Å². The van der Waals surface area contributed by atoms with E-state index in [4.69, 9.17) is 10.7 Å². The number of nitriles is 1. The van der Waals surface area contributed by atoms with Crippen molar-refractivity contribution in [2.45, 2.75) is 26.8 Å². The van der Waals surface area contributed by atoms with Crippen molar-refractivity contribution >= 4 is 11.7 Å². The van der Waals surface area contributed by atoms with E-state index >= 15 is 0 Å². The molecule has 4 nitrogen and oxygen atoms in total. The summed E-state index contributed by atoms with van der Waals surface area (Å²) < 4.78 is 0. The van der Waals surface area contributed by atoms with Gasteiger partial charge in [-0.15, -0.1) is 0 Å². The third-order valence-electron chi connectivity index (χ3n) is 2.34. The van der Waals surface area contributed by atoms with Gasteiger partial charge >= 0.3 is 0 Å². The minimum Gasteiger partial charge on any atom is -0.289 e. The second-order valence-electron chi connectivity index (χ2n) is 3.08. The van der Waals surface area contributed by atoms with Gasteiger partial charge in [-0.3, -0.25) is 15.1 Å². The monoisotopic (exact) mass is 177 g/mol. The topological polar surface area (TPSA) is 68.0 Å². The predicted octanol–water partition coefficient (Wildman–Crippen LogP) is 1.05. The summed E-state index contributed by atoms with van der Waals surface area (Å²) in [5, 5.41) is 16.3. The number of nitrogens with zero attached hydrogens (tertiary/aromatic N) is 2. The molecule has 1 N–H and O–H groups in total. The SMILES string of the molecule is CC(=O)N1C(=N)C(C#N)=C(C)C1C. The van der Waals surface area contributed by atoms with Gasteiger partial charge in [0.1, 0.15) is 11.9 Å². The predicted molar refractivity (Wildman–Crippen MR) is 48.0 cm³/mol. The Labute approximate surface area is 77.0 Å². The van der Waals surface area contributed by atoms with E-state index in [2.05, 4.69) is 0 Å². The second kappa shape index (κ2) is 3.02. The molecule has 0 spiro atoms. The van der Waals surface area contributed by atoms with Crippen LogP contribution in [0.3, 0.4) is 0 Å². The number of rotatable bonds is 0. The molecule has 0 aliphatic carbocycles. The van der Waals surface area contributed by atoms with Crippen LogP contribution in [0.5, 0.6) is 0 Å². The van der Waals surface area contributed by atoms with Gasteiger partial charge in [0, 0.05) is 6.92 Å². The average Bonchev–Trinajstić information content (AvgIpc) is 2.24. The van der Waals surface area contributed by atoms with Crippen molar-refractivity contribution in [1.29, 1.82) is 10.7 Å². The molecule has 1 unspecified atom stereocenters. The van der Waals surface area contributed by atoms with Gasteiger partial charge < -0.3 is 0 Å². The van der Waals surface area contributed by atoms with Gasteiger partial charge in [-0.2, -0.15) is 5.26 Å². The Bertz CT molecular complexity index is 348. The first-order valence-electron chi connectivity index (χ1n) is 4.00. The van der Waals surface area contributed by atoms with Crippen molar-refractivity contribution in [2.24, 2.45) is 0 Å². The molecule has 1 amide bonds. The van der Waals surface area contributed by atoms with Crippen LogP contribution in [0, 0.1) is 16.7 Å². The molecule has 1 atom stereocenters. The van der Waals surface area contributed by atoms with Gasteiger partial charge in [-0.1, -0.05) is 0 Å². The van der Waals surface area contributed by atoms with Crippen LogP contribution < -0.4 is 0 Å². The molecule has 4 heteroatoms. The van der Waals surface area contributed by atoms with Crippen LogP contribution in [0.1, 0.15) is 20.8 Å². The Morgan fingerprint density at radius 2 is 2.23 bits per heavy atom. The van der Waals surface area contributed by atoms with E-state index in [0.717, 1.165) is 5.57 Å². The summed E-state index contributed by atoms with van der Waals surface area (Å²) in [6, 6.07) is 1.79. The fraction of sp³-hybridized carbons (Fsp3) is 0.444. The van der Waals surface area contributed by atoms with Crippen molar-refractivity contribution in [3.05, 3.63) is 11.1 Å². The molecule has 0 aromatic heterocycles. The molecule has 1 aliphatic rings. The Hall–Kier alpha value is -1.63. The highest BCUT2D eigenvalue weighted by molar-refractivity contribution is 6.11. The first-order valence-corrected chi connectivity index (χ1v) is 4.00. The molecule has 0 radical (unpaired) electrons. The van der Waals surface area contributed by atoms with Crippen LogP contribution in [-0.2, 0) is 4.79 Å². The van der Waals surface area contributed by atoms with Crippen LogP contribution in [0.4, 0.5) is 0 Å². The molecule has 68 valence electrons. The van der Waals surface area contributed by atoms with Gasteiger partial charge in [-0.25, -0.2) is 0 Å². The number of nitrogens with one attached hydrogen (secondary N) is 1. The van der Waals surface area contributed by atoms with Crippen LogP contribution in [0.25, 0.3) is 0 Å². The molecule has 0 saturated heterocycles. The molecule has 1 aliphatic heterocycles.